The molecule has 2 aromatic carbocycles. The Morgan fingerprint density at radius 3 is 2.30 bits per heavy atom. The zero-order valence-corrected chi connectivity index (χ0v) is 13.1. The minimum Gasteiger partial charge on any atom is -0.399 e. The number of carbonyl (C=O) groups is 1. The third-order valence-electron chi connectivity index (χ3n) is 4.22. The molecule has 2 aromatic rings. The second-order valence-electron chi connectivity index (χ2n) is 5.83. The predicted molar refractivity (Wildman–Crippen MR) is 90.1 cm³/mol. The van der Waals surface area contributed by atoms with E-state index in [-0.39, 0.29) is 11.7 Å². The lowest BCUT2D eigenvalue weighted by atomic mass is 10.1. The number of nitrogens with two attached hydrogens (primary N) is 1. The maximum Gasteiger partial charge on any atom is 0.253 e. The molecule has 0 saturated carbocycles. The first-order chi connectivity index (χ1) is 11.0. The van der Waals surface area contributed by atoms with E-state index < -0.39 is 0 Å². The molecule has 4 nitrogen and oxygen atoms in total. The molecule has 1 aliphatic rings. The lowest BCUT2D eigenvalue weighted by Crippen LogP contribution is -2.49. The van der Waals surface area contributed by atoms with Crippen molar-refractivity contribution in [3.63, 3.8) is 0 Å². The molecule has 1 aliphatic heterocycles. The highest BCUT2D eigenvalue weighted by atomic mass is 19.1. The summed E-state index contributed by atoms with van der Waals surface area (Å²) >= 11 is 0. The molecule has 0 aromatic heterocycles. The second kappa shape index (κ2) is 6.28. The monoisotopic (exact) mass is 313 g/mol. The van der Waals surface area contributed by atoms with Crippen LogP contribution in [-0.2, 0) is 0 Å². The van der Waals surface area contributed by atoms with Crippen molar-refractivity contribution < 1.29 is 9.18 Å². The number of hydrogen-bond acceptors (Lipinski definition) is 3. The van der Waals surface area contributed by atoms with Crippen molar-refractivity contribution in [3.05, 3.63) is 59.4 Å². The normalized spacial score (nSPS) is 14.9. The van der Waals surface area contributed by atoms with Crippen LogP contribution in [0.4, 0.5) is 15.8 Å². The third kappa shape index (κ3) is 3.28. The Bertz CT molecular complexity index is 707. The molecule has 2 N–H and O–H groups in total. The number of anilines is 2. The van der Waals surface area contributed by atoms with Crippen molar-refractivity contribution in [1.29, 1.82) is 0 Å². The molecule has 0 aliphatic carbocycles. The number of amides is 1. The first kappa shape index (κ1) is 15.3. The maximum absolute atomic E-state index is 13.0. The minimum atomic E-state index is -0.329. The third-order valence-corrected chi connectivity index (χ3v) is 4.22. The Hall–Kier alpha value is -2.56. The van der Waals surface area contributed by atoms with Gasteiger partial charge >= 0.3 is 0 Å². The van der Waals surface area contributed by atoms with E-state index in [1.807, 2.05) is 30.0 Å². The van der Waals surface area contributed by atoms with Crippen LogP contribution in [0.25, 0.3) is 0 Å². The lowest BCUT2D eigenvalue weighted by Gasteiger charge is -2.37. The van der Waals surface area contributed by atoms with Crippen LogP contribution in [0.3, 0.4) is 0 Å². The molecule has 1 fully saturated rings. The summed E-state index contributed by atoms with van der Waals surface area (Å²) in [4.78, 5) is 16.5. The number of aryl methyl sites for hydroxylation is 1. The van der Waals surface area contributed by atoms with Gasteiger partial charge in [-0.2, -0.15) is 0 Å². The van der Waals surface area contributed by atoms with E-state index in [2.05, 4.69) is 4.90 Å². The van der Waals surface area contributed by atoms with Gasteiger partial charge in [-0.05, 0) is 55.0 Å². The van der Waals surface area contributed by atoms with Crippen LogP contribution in [-0.4, -0.2) is 37.0 Å². The fourth-order valence-corrected chi connectivity index (χ4v) is 2.96. The number of nitrogen functional groups attached to an aromatic ring is 1. The molecule has 0 radical (unpaired) electrons. The summed E-state index contributed by atoms with van der Waals surface area (Å²) in [7, 11) is 0. The number of halogens is 1. The van der Waals surface area contributed by atoms with Crippen molar-refractivity contribution >= 4 is 17.3 Å². The molecule has 1 amide bonds. The highest BCUT2D eigenvalue weighted by molar-refractivity contribution is 5.94. The Morgan fingerprint density at radius 1 is 1.04 bits per heavy atom. The molecule has 120 valence electrons. The van der Waals surface area contributed by atoms with Crippen LogP contribution in [0.5, 0.6) is 0 Å². The lowest BCUT2D eigenvalue weighted by molar-refractivity contribution is 0.0746. The van der Waals surface area contributed by atoms with E-state index in [1.54, 1.807) is 0 Å². The van der Waals surface area contributed by atoms with Crippen LogP contribution in [0, 0.1) is 12.7 Å². The van der Waals surface area contributed by atoms with Gasteiger partial charge in [-0.3, -0.25) is 4.79 Å². The summed E-state index contributed by atoms with van der Waals surface area (Å²) in [5.74, 6) is -0.371. The first-order valence-electron chi connectivity index (χ1n) is 7.70. The average Bonchev–Trinajstić information content (AvgIpc) is 2.55. The number of rotatable bonds is 2. The quantitative estimate of drug-likeness (QED) is 0.867. The maximum atomic E-state index is 13.0. The second-order valence-corrected chi connectivity index (χ2v) is 5.83. The fourth-order valence-electron chi connectivity index (χ4n) is 2.96. The van der Waals surface area contributed by atoms with Crippen molar-refractivity contribution in [2.75, 3.05) is 36.8 Å². The molecule has 0 atom stereocenters. The summed E-state index contributed by atoms with van der Waals surface area (Å²) in [5.41, 5.74) is 9.39. The van der Waals surface area contributed by atoms with Gasteiger partial charge in [0.15, 0.2) is 0 Å². The van der Waals surface area contributed by atoms with Crippen LogP contribution >= 0.6 is 0 Å². The number of benzene rings is 2. The topological polar surface area (TPSA) is 49.6 Å². The summed E-state index contributed by atoms with van der Waals surface area (Å²) in [6, 6.07) is 11.6. The van der Waals surface area contributed by atoms with E-state index in [0.717, 1.165) is 30.0 Å². The van der Waals surface area contributed by atoms with Gasteiger partial charge in [0, 0.05) is 43.1 Å². The van der Waals surface area contributed by atoms with E-state index in [1.165, 1.54) is 24.3 Å². The standard InChI is InChI=1S/C18H20FN3O/c1-13-12-16(20)6-7-17(13)21-8-10-22(11-9-21)18(23)14-2-4-15(19)5-3-14/h2-7,12H,8-11,20H2,1H3. The number of carbonyl (C=O) groups excluding carboxylic acids is 1. The predicted octanol–water partition coefficient (Wildman–Crippen LogP) is 2.68. The largest absolute Gasteiger partial charge is 0.399 e. The van der Waals surface area contributed by atoms with Crippen molar-refractivity contribution in [1.82, 2.24) is 4.90 Å². The van der Waals surface area contributed by atoms with Gasteiger partial charge in [0.1, 0.15) is 5.82 Å². The van der Waals surface area contributed by atoms with E-state index in [4.69, 9.17) is 5.73 Å². The fraction of sp³-hybridized carbons (Fsp3) is 0.278. The molecule has 3 rings (SSSR count). The van der Waals surface area contributed by atoms with Gasteiger partial charge in [-0.1, -0.05) is 0 Å². The number of hydrogen-bond donors (Lipinski definition) is 1. The number of nitrogens with zero attached hydrogens (tertiary/aromatic N) is 2. The Labute approximate surface area is 135 Å². The van der Waals surface area contributed by atoms with Crippen molar-refractivity contribution in [3.8, 4) is 0 Å². The van der Waals surface area contributed by atoms with E-state index in [9.17, 15) is 9.18 Å². The highest BCUT2D eigenvalue weighted by Gasteiger charge is 2.23. The van der Waals surface area contributed by atoms with Gasteiger partial charge in [-0.15, -0.1) is 0 Å². The molecule has 5 heteroatoms. The van der Waals surface area contributed by atoms with Gasteiger partial charge in [0.05, 0.1) is 0 Å². The molecule has 23 heavy (non-hydrogen) atoms. The molecule has 0 bridgehead atoms. The highest BCUT2D eigenvalue weighted by Crippen LogP contribution is 2.23. The van der Waals surface area contributed by atoms with Crippen LogP contribution in [0.1, 0.15) is 15.9 Å². The Balaban J connectivity index is 1.66. The summed E-state index contributed by atoms with van der Waals surface area (Å²) in [5, 5.41) is 0. The zero-order valence-electron chi connectivity index (χ0n) is 13.1. The summed E-state index contributed by atoms with van der Waals surface area (Å²) in [6.07, 6.45) is 0. The van der Waals surface area contributed by atoms with Crippen LogP contribution in [0.15, 0.2) is 42.5 Å². The molecular weight excluding hydrogens is 293 g/mol. The van der Waals surface area contributed by atoms with Crippen molar-refractivity contribution in [2.45, 2.75) is 6.92 Å². The Morgan fingerprint density at radius 2 is 1.70 bits per heavy atom. The summed E-state index contributed by atoms with van der Waals surface area (Å²) in [6.45, 7) is 4.90. The molecule has 0 spiro atoms. The molecule has 0 unspecified atom stereocenters. The minimum absolute atomic E-state index is 0.0429. The zero-order chi connectivity index (χ0) is 16.4. The summed E-state index contributed by atoms with van der Waals surface area (Å²) < 4.78 is 13.0. The van der Waals surface area contributed by atoms with E-state index >= 15 is 0 Å². The average molecular weight is 313 g/mol. The first-order valence-corrected chi connectivity index (χ1v) is 7.70. The van der Waals surface area contributed by atoms with Gasteiger partial charge in [0.2, 0.25) is 0 Å². The van der Waals surface area contributed by atoms with Gasteiger partial charge in [-0.25, -0.2) is 4.39 Å². The Kier molecular flexibility index (Phi) is 4.19. The van der Waals surface area contributed by atoms with E-state index in [0.29, 0.717) is 18.7 Å². The van der Waals surface area contributed by atoms with Gasteiger partial charge < -0.3 is 15.5 Å². The molecular formula is C18H20FN3O. The van der Waals surface area contributed by atoms with Crippen LogP contribution in [0.2, 0.25) is 0 Å². The molecule has 1 saturated heterocycles. The molecule has 1 heterocycles. The van der Waals surface area contributed by atoms with Crippen molar-refractivity contribution in [2.24, 2.45) is 0 Å². The van der Waals surface area contributed by atoms with Gasteiger partial charge in [0.25, 0.3) is 5.91 Å². The SMILES string of the molecule is Cc1cc(N)ccc1N1CCN(C(=O)c2ccc(F)cc2)CC1. The van der Waals surface area contributed by atoms with Crippen LogP contribution < -0.4 is 10.6 Å². The number of piperazine rings is 1. The smallest absolute Gasteiger partial charge is 0.253 e.